The number of aliphatic hydroxyl groups is 1. The van der Waals surface area contributed by atoms with E-state index < -0.39 is 0 Å². The maximum absolute atomic E-state index is 13.9. The average molecular weight is 438 g/mol. The van der Waals surface area contributed by atoms with E-state index in [0.29, 0.717) is 40.7 Å². The van der Waals surface area contributed by atoms with Crippen LogP contribution in [0.2, 0.25) is 0 Å². The minimum Gasteiger partial charge on any atom is -0.492 e. The summed E-state index contributed by atoms with van der Waals surface area (Å²) in [7, 11) is 1.78. The van der Waals surface area contributed by atoms with E-state index in [-0.39, 0.29) is 24.9 Å². The minimum atomic E-state index is -0.300. The fourth-order valence-electron chi connectivity index (χ4n) is 3.77. The van der Waals surface area contributed by atoms with Gasteiger partial charge in [-0.2, -0.15) is 5.10 Å². The number of carbonyl (C=O) groups is 1. The van der Waals surface area contributed by atoms with Gasteiger partial charge in [0.25, 0.3) is 5.91 Å². The molecule has 1 saturated carbocycles. The van der Waals surface area contributed by atoms with E-state index in [1.165, 1.54) is 6.07 Å². The highest BCUT2D eigenvalue weighted by molar-refractivity contribution is 5.98. The van der Waals surface area contributed by atoms with Gasteiger partial charge in [0.1, 0.15) is 11.6 Å². The first kappa shape index (κ1) is 22.0. The number of hydrogen-bond acceptors (Lipinski definition) is 4. The van der Waals surface area contributed by atoms with E-state index in [1.807, 2.05) is 13.0 Å². The van der Waals surface area contributed by atoms with Crippen LogP contribution in [0, 0.1) is 25.6 Å². The van der Waals surface area contributed by atoms with E-state index in [1.54, 1.807) is 42.9 Å². The normalized spacial score (nSPS) is 13.3. The Kier molecular flexibility index (Phi) is 6.28. The molecule has 0 atom stereocenters. The molecular formula is C25H28FN3O3. The lowest BCUT2D eigenvalue weighted by atomic mass is 10.00. The van der Waals surface area contributed by atoms with Crippen molar-refractivity contribution < 1.29 is 19.0 Å². The number of nitrogens with zero attached hydrogens (tertiary/aromatic N) is 2. The van der Waals surface area contributed by atoms with Crippen molar-refractivity contribution in [3.63, 3.8) is 0 Å². The summed E-state index contributed by atoms with van der Waals surface area (Å²) in [4.78, 5) is 13.1. The van der Waals surface area contributed by atoms with Gasteiger partial charge in [0.15, 0.2) is 0 Å². The molecule has 1 fully saturated rings. The third-order valence-electron chi connectivity index (χ3n) is 5.86. The molecule has 6 nitrogen and oxygen atoms in total. The Bertz CT molecular complexity index is 1150. The number of aromatic nitrogens is 2. The molecule has 0 bridgehead atoms. The Morgan fingerprint density at radius 1 is 1.25 bits per heavy atom. The molecule has 7 heteroatoms. The van der Waals surface area contributed by atoms with Gasteiger partial charge >= 0.3 is 0 Å². The Labute approximate surface area is 187 Å². The molecule has 1 amide bonds. The Morgan fingerprint density at radius 2 is 2.03 bits per heavy atom. The first-order valence-corrected chi connectivity index (χ1v) is 10.8. The van der Waals surface area contributed by atoms with Gasteiger partial charge in [-0.1, -0.05) is 18.2 Å². The lowest BCUT2D eigenvalue weighted by Gasteiger charge is -2.14. The van der Waals surface area contributed by atoms with Crippen LogP contribution < -0.4 is 10.1 Å². The van der Waals surface area contributed by atoms with Crippen LogP contribution in [0.15, 0.2) is 36.4 Å². The highest BCUT2D eigenvalue weighted by Gasteiger charge is 2.24. The van der Waals surface area contributed by atoms with E-state index in [4.69, 9.17) is 4.74 Å². The number of nitrogens with one attached hydrogen (secondary N) is 1. The maximum atomic E-state index is 13.9. The highest BCUT2D eigenvalue weighted by atomic mass is 19.1. The summed E-state index contributed by atoms with van der Waals surface area (Å²) in [5, 5.41) is 17.1. The molecule has 2 N–H and O–H groups in total. The second-order valence-corrected chi connectivity index (χ2v) is 8.42. The topological polar surface area (TPSA) is 76.4 Å². The third-order valence-corrected chi connectivity index (χ3v) is 5.86. The number of benzene rings is 2. The van der Waals surface area contributed by atoms with Crippen molar-refractivity contribution in [1.29, 1.82) is 0 Å². The number of halogens is 1. The first-order chi connectivity index (χ1) is 15.4. The van der Waals surface area contributed by atoms with Crippen molar-refractivity contribution >= 4 is 5.91 Å². The van der Waals surface area contributed by atoms with Crippen molar-refractivity contribution in [3.8, 4) is 16.9 Å². The number of amides is 1. The molecule has 32 heavy (non-hydrogen) atoms. The number of ether oxygens (including phenoxy) is 1. The predicted molar refractivity (Wildman–Crippen MR) is 120 cm³/mol. The van der Waals surface area contributed by atoms with Crippen LogP contribution in [0.25, 0.3) is 11.1 Å². The number of rotatable bonds is 8. The SMILES string of the molecule is Cc1ccc(CNC(=O)c2cc(-c3c(C)nn(C)c3CO)ccc2OCC2CC2)cc1F. The van der Waals surface area contributed by atoms with Crippen molar-refractivity contribution in [2.24, 2.45) is 13.0 Å². The summed E-state index contributed by atoms with van der Waals surface area (Å²) in [6.45, 7) is 4.20. The van der Waals surface area contributed by atoms with E-state index in [0.717, 1.165) is 29.7 Å². The lowest BCUT2D eigenvalue weighted by Crippen LogP contribution is -2.24. The number of carbonyl (C=O) groups excluding carboxylic acids is 1. The van der Waals surface area contributed by atoms with Crippen molar-refractivity contribution in [1.82, 2.24) is 15.1 Å². The quantitative estimate of drug-likeness (QED) is 0.557. The van der Waals surface area contributed by atoms with Gasteiger partial charge in [-0.3, -0.25) is 9.48 Å². The molecule has 0 saturated heterocycles. The fraction of sp³-hybridized carbons (Fsp3) is 0.360. The smallest absolute Gasteiger partial charge is 0.255 e. The van der Waals surface area contributed by atoms with Crippen LogP contribution in [0.3, 0.4) is 0 Å². The van der Waals surface area contributed by atoms with Crippen molar-refractivity contribution in [2.45, 2.75) is 39.8 Å². The van der Waals surface area contributed by atoms with Crippen LogP contribution >= 0.6 is 0 Å². The van der Waals surface area contributed by atoms with Crippen LogP contribution in [0.4, 0.5) is 4.39 Å². The fourth-order valence-corrected chi connectivity index (χ4v) is 3.77. The van der Waals surface area contributed by atoms with Gasteiger partial charge in [0.2, 0.25) is 0 Å². The highest BCUT2D eigenvalue weighted by Crippen LogP contribution is 2.34. The molecule has 1 heterocycles. The number of aryl methyl sites for hydroxylation is 3. The summed E-state index contributed by atoms with van der Waals surface area (Å²) in [5.74, 6) is 0.463. The Balaban J connectivity index is 1.63. The van der Waals surface area contributed by atoms with Gasteiger partial charge in [0, 0.05) is 19.2 Å². The summed E-state index contributed by atoms with van der Waals surface area (Å²) in [6.07, 6.45) is 2.29. The van der Waals surface area contributed by atoms with Gasteiger partial charge < -0.3 is 15.2 Å². The minimum absolute atomic E-state index is 0.160. The van der Waals surface area contributed by atoms with Crippen LogP contribution in [0.5, 0.6) is 5.75 Å². The number of hydrogen-bond donors (Lipinski definition) is 2. The molecule has 0 radical (unpaired) electrons. The maximum Gasteiger partial charge on any atom is 0.255 e. The lowest BCUT2D eigenvalue weighted by molar-refractivity contribution is 0.0946. The van der Waals surface area contributed by atoms with E-state index in [9.17, 15) is 14.3 Å². The molecule has 0 spiro atoms. The van der Waals surface area contributed by atoms with Crippen LogP contribution in [-0.4, -0.2) is 27.4 Å². The van der Waals surface area contributed by atoms with Gasteiger partial charge in [0.05, 0.1) is 30.2 Å². The van der Waals surface area contributed by atoms with Gasteiger partial charge in [-0.15, -0.1) is 0 Å². The molecule has 0 unspecified atom stereocenters. The van der Waals surface area contributed by atoms with Gasteiger partial charge in [-0.25, -0.2) is 4.39 Å². The molecule has 1 aliphatic carbocycles. The Hall–Kier alpha value is -3.19. The molecule has 0 aliphatic heterocycles. The monoisotopic (exact) mass is 437 g/mol. The molecule has 2 aromatic carbocycles. The van der Waals surface area contributed by atoms with Crippen LogP contribution in [0.1, 0.15) is 45.7 Å². The van der Waals surface area contributed by atoms with E-state index >= 15 is 0 Å². The molecule has 1 aromatic heterocycles. The molecule has 4 rings (SSSR count). The Morgan fingerprint density at radius 3 is 2.72 bits per heavy atom. The summed E-state index contributed by atoms with van der Waals surface area (Å²) < 4.78 is 21.5. The standard InChI is InChI=1S/C25H28FN3O3/c1-15-4-5-18(10-21(15)26)12-27-25(31)20-11-19(8-9-23(20)32-14-17-6-7-17)24-16(2)28-29(3)22(24)13-30/h4-5,8-11,17,30H,6-7,12-14H2,1-3H3,(H,27,31). The number of aliphatic hydroxyl groups excluding tert-OH is 1. The van der Waals surface area contributed by atoms with Gasteiger partial charge in [-0.05, 0) is 67.5 Å². The second-order valence-electron chi connectivity index (χ2n) is 8.42. The van der Waals surface area contributed by atoms with E-state index in [2.05, 4.69) is 10.4 Å². The zero-order valence-corrected chi connectivity index (χ0v) is 18.6. The van der Waals surface area contributed by atoms with Crippen molar-refractivity contribution in [2.75, 3.05) is 6.61 Å². The average Bonchev–Trinajstić information content (AvgIpc) is 3.56. The third kappa shape index (κ3) is 4.67. The summed E-state index contributed by atoms with van der Waals surface area (Å²) in [5.41, 5.74) is 4.69. The van der Waals surface area contributed by atoms with Crippen molar-refractivity contribution in [3.05, 3.63) is 70.3 Å². The molecule has 168 valence electrons. The first-order valence-electron chi connectivity index (χ1n) is 10.8. The van der Waals surface area contributed by atoms with Crippen LogP contribution in [-0.2, 0) is 20.2 Å². The molecule has 3 aromatic rings. The summed E-state index contributed by atoms with van der Waals surface area (Å²) >= 11 is 0. The largest absolute Gasteiger partial charge is 0.492 e. The second kappa shape index (κ2) is 9.12. The predicted octanol–water partition coefficient (Wildman–Crippen LogP) is 4.05. The summed E-state index contributed by atoms with van der Waals surface area (Å²) in [6, 6.07) is 10.4. The zero-order chi connectivity index (χ0) is 22.8. The molecule has 1 aliphatic rings. The zero-order valence-electron chi connectivity index (χ0n) is 18.6. The molecular weight excluding hydrogens is 409 g/mol.